The molecule has 0 bridgehead atoms. The first-order valence-electron chi connectivity index (χ1n) is 6.88. The molecule has 0 radical (unpaired) electrons. The van der Waals surface area contributed by atoms with Crippen LogP contribution >= 0.6 is 0 Å². The quantitative estimate of drug-likeness (QED) is 0.724. The highest BCUT2D eigenvalue weighted by Crippen LogP contribution is 2.16. The van der Waals surface area contributed by atoms with Gasteiger partial charge in [0, 0.05) is 39.3 Å². The lowest BCUT2D eigenvalue weighted by atomic mass is 10.3. The summed E-state index contributed by atoms with van der Waals surface area (Å²) in [6.45, 7) is 8.87. The van der Waals surface area contributed by atoms with E-state index in [4.69, 9.17) is 9.47 Å². The van der Waals surface area contributed by atoms with E-state index in [2.05, 4.69) is 14.8 Å². The number of hydrogen-bond donors (Lipinski definition) is 0. The lowest BCUT2D eigenvalue weighted by Crippen LogP contribution is -2.47. The Hall–Kier alpha value is -1.33. The summed E-state index contributed by atoms with van der Waals surface area (Å²) < 4.78 is 10.5. The first kappa shape index (κ1) is 14.1. The Morgan fingerprint density at radius 1 is 1.21 bits per heavy atom. The summed E-state index contributed by atoms with van der Waals surface area (Å²) in [5.74, 6) is 1.84. The zero-order valence-corrected chi connectivity index (χ0v) is 11.8. The van der Waals surface area contributed by atoms with Crippen molar-refractivity contribution >= 4 is 5.82 Å². The number of nitrogens with zero attached hydrogens (tertiary/aromatic N) is 3. The van der Waals surface area contributed by atoms with Crippen LogP contribution in [0.4, 0.5) is 5.82 Å². The molecular formula is C14H23N3O2. The van der Waals surface area contributed by atoms with E-state index in [0.29, 0.717) is 0 Å². The van der Waals surface area contributed by atoms with Gasteiger partial charge in [-0.05, 0) is 19.1 Å². The molecule has 1 aliphatic heterocycles. The Morgan fingerprint density at radius 3 is 2.58 bits per heavy atom. The van der Waals surface area contributed by atoms with Crippen LogP contribution in [-0.2, 0) is 4.74 Å². The molecule has 1 aromatic heterocycles. The number of ether oxygens (including phenoxy) is 2. The molecule has 1 aliphatic rings. The number of hydrogen-bond acceptors (Lipinski definition) is 5. The summed E-state index contributed by atoms with van der Waals surface area (Å²) in [5.41, 5.74) is 0. The van der Waals surface area contributed by atoms with Crippen molar-refractivity contribution in [1.82, 2.24) is 9.88 Å². The third-order valence-electron chi connectivity index (χ3n) is 3.41. The minimum atomic E-state index is 0.801. The molecule has 19 heavy (non-hydrogen) atoms. The zero-order valence-electron chi connectivity index (χ0n) is 11.8. The average molecular weight is 265 g/mol. The van der Waals surface area contributed by atoms with E-state index in [9.17, 15) is 0 Å². The maximum atomic E-state index is 5.39. The summed E-state index contributed by atoms with van der Waals surface area (Å²) in [5, 5.41) is 0. The SMILES string of the molecule is CCOCCN1CCN(c2ccc(OC)cn2)CC1. The highest BCUT2D eigenvalue weighted by atomic mass is 16.5. The van der Waals surface area contributed by atoms with E-state index in [0.717, 1.165) is 57.5 Å². The van der Waals surface area contributed by atoms with Gasteiger partial charge in [-0.2, -0.15) is 0 Å². The number of anilines is 1. The Bertz CT molecular complexity index is 361. The van der Waals surface area contributed by atoms with Crippen LogP contribution in [0.25, 0.3) is 0 Å². The molecule has 5 heteroatoms. The standard InChI is InChI=1S/C14H23N3O2/c1-3-19-11-10-16-6-8-17(9-7-16)14-5-4-13(18-2)12-15-14/h4-5,12H,3,6-11H2,1-2H3. The van der Waals surface area contributed by atoms with Crippen molar-refractivity contribution in [3.8, 4) is 5.75 Å². The molecule has 106 valence electrons. The molecular weight excluding hydrogens is 242 g/mol. The summed E-state index contributed by atoms with van der Waals surface area (Å²) in [6, 6.07) is 3.98. The Kier molecular flexibility index (Phi) is 5.42. The predicted molar refractivity (Wildman–Crippen MR) is 75.9 cm³/mol. The lowest BCUT2D eigenvalue weighted by Gasteiger charge is -2.35. The van der Waals surface area contributed by atoms with Gasteiger partial charge in [-0.25, -0.2) is 4.98 Å². The molecule has 0 amide bonds. The van der Waals surface area contributed by atoms with Gasteiger partial charge in [0.05, 0.1) is 19.9 Å². The van der Waals surface area contributed by atoms with Crippen molar-refractivity contribution in [3.63, 3.8) is 0 Å². The Balaban J connectivity index is 1.78. The Labute approximate surface area is 115 Å². The molecule has 1 fully saturated rings. The van der Waals surface area contributed by atoms with Crippen molar-refractivity contribution < 1.29 is 9.47 Å². The van der Waals surface area contributed by atoms with E-state index >= 15 is 0 Å². The van der Waals surface area contributed by atoms with Gasteiger partial charge in [-0.3, -0.25) is 4.90 Å². The summed E-state index contributed by atoms with van der Waals surface area (Å²) in [7, 11) is 1.66. The van der Waals surface area contributed by atoms with E-state index in [1.165, 1.54) is 0 Å². The smallest absolute Gasteiger partial charge is 0.137 e. The van der Waals surface area contributed by atoms with Crippen molar-refractivity contribution in [2.45, 2.75) is 6.92 Å². The number of rotatable bonds is 6. The van der Waals surface area contributed by atoms with Crippen molar-refractivity contribution in [1.29, 1.82) is 0 Å². The largest absolute Gasteiger partial charge is 0.495 e. The zero-order chi connectivity index (χ0) is 13.5. The molecule has 0 atom stereocenters. The van der Waals surface area contributed by atoms with Gasteiger partial charge >= 0.3 is 0 Å². The maximum Gasteiger partial charge on any atom is 0.137 e. The normalized spacial score (nSPS) is 16.6. The highest BCUT2D eigenvalue weighted by Gasteiger charge is 2.17. The fourth-order valence-electron chi connectivity index (χ4n) is 2.22. The summed E-state index contributed by atoms with van der Waals surface area (Å²) in [4.78, 5) is 9.19. The maximum absolute atomic E-state index is 5.39. The van der Waals surface area contributed by atoms with Crippen LogP contribution < -0.4 is 9.64 Å². The molecule has 1 aromatic rings. The second-order valence-electron chi connectivity index (χ2n) is 4.58. The van der Waals surface area contributed by atoms with E-state index in [-0.39, 0.29) is 0 Å². The topological polar surface area (TPSA) is 37.8 Å². The monoisotopic (exact) mass is 265 g/mol. The molecule has 0 N–H and O–H groups in total. The van der Waals surface area contributed by atoms with Crippen LogP contribution in [0.1, 0.15) is 6.92 Å². The van der Waals surface area contributed by atoms with Crippen LogP contribution in [-0.4, -0.2) is 62.9 Å². The third kappa shape index (κ3) is 4.08. The van der Waals surface area contributed by atoms with Gasteiger partial charge in [0.1, 0.15) is 11.6 Å². The van der Waals surface area contributed by atoms with Crippen molar-refractivity contribution in [2.24, 2.45) is 0 Å². The third-order valence-corrected chi connectivity index (χ3v) is 3.41. The van der Waals surface area contributed by atoms with Crippen LogP contribution in [0.15, 0.2) is 18.3 Å². The van der Waals surface area contributed by atoms with Gasteiger partial charge in [0.25, 0.3) is 0 Å². The molecule has 0 saturated carbocycles. The first-order chi connectivity index (χ1) is 9.33. The molecule has 0 spiro atoms. The molecule has 0 unspecified atom stereocenters. The fraction of sp³-hybridized carbons (Fsp3) is 0.643. The predicted octanol–water partition coefficient (Wildman–Crippen LogP) is 1.25. The van der Waals surface area contributed by atoms with Crippen LogP contribution in [0.2, 0.25) is 0 Å². The number of pyridine rings is 1. The van der Waals surface area contributed by atoms with Crippen LogP contribution in [0.3, 0.4) is 0 Å². The van der Waals surface area contributed by atoms with Crippen LogP contribution in [0, 0.1) is 0 Å². The average Bonchev–Trinajstić information content (AvgIpc) is 2.48. The fourth-order valence-corrected chi connectivity index (χ4v) is 2.22. The first-order valence-corrected chi connectivity index (χ1v) is 6.88. The van der Waals surface area contributed by atoms with Crippen molar-refractivity contribution in [3.05, 3.63) is 18.3 Å². The van der Waals surface area contributed by atoms with Gasteiger partial charge in [0.15, 0.2) is 0 Å². The minimum absolute atomic E-state index is 0.801. The number of piperazine rings is 1. The van der Waals surface area contributed by atoms with Crippen LogP contribution in [0.5, 0.6) is 5.75 Å². The second kappa shape index (κ2) is 7.31. The molecule has 2 rings (SSSR count). The minimum Gasteiger partial charge on any atom is -0.495 e. The molecule has 0 aliphatic carbocycles. The number of methoxy groups -OCH3 is 1. The van der Waals surface area contributed by atoms with Gasteiger partial charge < -0.3 is 14.4 Å². The summed E-state index contributed by atoms with van der Waals surface area (Å²) in [6.07, 6.45) is 1.77. The molecule has 0 aromatic carbocycles. The highest BCUT2D eigenvalue weighted by molar-refractivity contribution is 5.41. The molecule has 1 saturated heterocycles. The van der Waals surface area contributed by atoms with E-state index in [1.807, 2.05) is 19.1 Å². The lowest BCUT2D eigenvalue weighted by molar-refractivity contribution is 0.111. The molecule has 2 heterocycles. The van der Waals surface area contributed by atoms with Gasteiger partial charge in [-0.15, -0.1) is 0 Å². The van der Waals surface area contributed by atoms with Crippen molar-refractivity contribution in [2.75, 3.05) is 57.9 Å². The van der Waals surface area contributed by atoms with Gasteiger partial charge in [-0.1, -0.05) is 0 Å². The second-order valence-corrected chi connectivity index (χ2v) is 4.58. The summed E-state index contributed by atoms with van der Waals surface area (Å²) >= 11 is 0. The Morgan fingerprint density at radius 2 is 2.00 bits per heavy atom. The van der Waals surface area contributed by atoms with E-state index < -0.39 is 0 Å². The number of aromatic nitrogens is 1. The van der Waals surface area contributed by atoms with Gasteiger partial charge in [0.2, 0.25) is 0 Å². The van der Waals surface area contributed by atoms with E-state index in [1.54, 1.807) is 13.3 Å². The molecule has 5 nitrogen and oxygen atoms in total.